The van der Waals surface area contributed by atoms with Gasteiger partial charge in [-0.2, -0.15) is 0 Å². The van der Waals surface area contributed by atoms with Crippen LogP contribution in [0.5, 0.6) is 0 Å². The Balaban J connectivity index is 2.56. The first-order valence-electron chi connectivity index (χ1n) is 7.41. The van der Waals surface area contributed by atoms with Gasteiger partial charge in [-0.25, -0.2) is 4.79 Å². The molecule has 0 saturated heterocycles. The van der Waals surface area contributed by atoms with Crippen molar-refractivity contribution in [3.8, 4) is 0 Å². The topological polar surface area (TPSA) is 74.6 Å². The van der Waals surface area contributed by atoms with Gasteiger partial charge in [0.1, 0.15) is 4.88 Å². The first kappa shape index (κ1) is 17.1. The van der Waals surface area contributed by atoms with Crippen LogP contribution in [0.1, 0.15) is 64.1 Å². The fourth-order valence-corrected chi connectivity index (χ4v) is 4.69. The number of Topliss-reactive ketones (excluding diaryl/α,β-unsaturated/α-hetero) is 1. The second kappa shape index (κ2) is 7.83. The Morgan fingerprint density at radius 1 is 1.18 bits per heavy atom. The molecule has 6 heteroatoms. The van der Waals surface area contributed by atoms with E-state index in [0.29, 0.717) is 29.5 Å². The minimum Gasteiger partial charge on any atom is -0.515 e. The average Bonchev–Trinajstić information content (AvgIpc) is 2.86. The molecule has 0 bridgehead atoms. The van der Waals surface area contributed by atoms with E-state index in [2.05, 4.69) is 0 Å². The first-order chi connectivity index (χ1) is 10.6. The van der Waals surface area contributed by atoms with Crippen LogP contribution in [0.2, 0.25) is 0 Å². The third-order valence-electron chi connectivity index (χ3n) is 3.90. The fraction of sp³-hybridized carbons (Fsp3) is 0.500. The molecule has 0 fully saturated rings. The number of hydrogen-bond donors (Lipinski definition) is 2. The van der Waals surface area contributed by atoms with Crippen LogP contribution in [0, 0.1) is 0 Å². The van der Waals surface area contributed by atoms with Gasteiger partial charge in [0.05, 0.1) is 16.0 Å². The molecule has 4 nitrogen and oxygen atoms in total. The monoisotopic (exact) mass is 340 g/mol. The number of aliphatic hydroxyl groups excluding tert-OH is 1. The summed E-state index contributed by atoms with van der Waals surface area (Å²) in [5.74, 6) is -1.19. The molecule has 2 N–H and O–H groups in total. The van der Waals surface area contributed by atoms with Gasteiger partial charge < -0.3 is 10.2 Å². The molecule has 120 valence electrons. The maximum absolute atomic E-state index is 12.8. The number of carbonyl (C=O) groups excluding carboxylic acids is 1. The SMILES string of the molecule is CSc1sc(C(=O)O)c2c1C(=O)C(=CO)CCCCCCC2. The molecule has 0 spiro atoms. The number of thiophene rings is 1. The van der Waals surface area contributed by atoms with E-state index < -0.39 is 5.97 Å². The van der Waals surface area contributed by atoms with Crippen molar-refractivity contribution in [2.24, 2.45) is 0 Å². The highest BCUT2D eigenvalue weighted by molar-refractivity contribution is 8.00. The summed E-state index contributed by atoms with van der Waals surface area (Å²) in [4.78, 5) is 24.6. The lowest BCUT2D eigenvalue weighted by Gasteiger charge is -2.08. The van der Waals surface area contributed by atoms with E-state index in [1.807, 2.05) is 6.26 Å². The van der Waals surface area contributed by atoms with E-state index >= 15 is 0 Å². The number of thioether (sulfide) groups is 1. The minimum absolute atomic E-state index is 0.215. The standard InChI is InChI=1S/C16H20O4S2/c1-21-16-12-11(14(22-16)15(19)20)8-6-4-2-3-5-7-10(9-17)13(12)18/h9,17H,2-8H2,1H3,(H,19,20). The van der Waals surface area contributed by atoms with E-state index in [1.54, 1.807) is 0 Å². The van der Waals surface area contributed by atoms with Gasteiger partial charge in [0.15, 0.2) is 5.78 Å². The van der Waals surface area contributed by atoms with E-state index in [4.69, 9.17) is 0 Å². The number of rotatable bonds is 2. The lowest BCUT2D eigenvalue weighted by Crippen LogP contribution is -2.09. The number of aliphatic hydroxyl groups is 1. The predicted octanol–water partition coefficient (Wildman–Crippen LogP) is 4.69. The summed E-state index contributed by atoms with van der Waals surface area (Å²) in [5.41, 5.74) is 1.53. The van der Waals surface area contributed by atoms with Crippen LogP contribution in [0.3, 0.4) is 0 Å². The van der Waals surface area contributed by atoms with Crippen molar-refractivity contribution in [2.45, 2.75) is 49.2 Å². The summed E-state index contributed by atoms with van der Waals surface area (Å²) < 4.78 is 0.732. The summed E-state index contributed by atoms with van der Waals surface area (Å²) in [6.45, 7) is 0. The predicted molar refractivity (Wildman–Crippen MR) is 89.5 cm³/mol. The zero-order valence-electron chi connectivity index (χ0n) is 12.6. The Morgan fingerprint density at radius 3 is 2.41 bits per heavy atom. The highest BCUT2D eigenvalue weighted by Crippen LogP contribution is 2.38. The highest BCUT2D eigenvalue weighted by Gasteiger charge is 2.28. The van der Waals surface area contributed by atoms with Crippen LogP contribution in [0.4, 0.5) is 0 Å². The van der Waals surface area contributed by atoms with Crippen molar-refractivity contribution in [3.63, 3.8) is 0 Å². The molecule has 0 saturated carbocycles. The third-order valence-corrected chi connectivity index (χ3v) is 6.24. The van der Waals surface area contributed by atoms with Gasteiger partial charge >= 0.3 is 5.97 Å². The molecule has 0 amide bonds. The molecule has 0 aliphatic heterocycles. The molecule has 1 aromatic heterocycles. The van der Waals surface area contributed by atoms with E-state index in [9.17, 15) is 19.8 Å². The highest BCUT2D eigenvalue weighted by atomic mass is 32.2. The Bertz CT molecular complexity index is 602. The van der Waals surface area contributed by atoms with Crippen LogP contribution >= 0.6 is 23.1 Å². The number of allylic oxidation sites excluding steroid dienone is 1. The molecule has 0 atom stereocenters. The molecule has 0 aromatic carbocycles. The van der Waals surface area contributed by atoms with Gasteiger partial charge in [-0.3, -0.25) is 4.79 Å². The van der Waals surface area contributed by atoms with Crippen LogP contribution in [-0.2, 0) is 6.42 Å². The van der Waals surface area contributed by atoms with Gasteiger partial charge in [0.2, 0.25) is 0 Å². The zero-order chi connectivity index (χ0) is 16.1. The number of carbonyl (C=O) groups is 2. The Kier molecular flexibility index (Phi) is 6.08. The van der Waals surface area contributed by atoms with Crippen LogP contribution in [0.25, 0.3) is 0 Å². The smallest absolute Gasteiger partial charge is 0.346 e. The summed E-state index contributed by atoms with van der Waals surface area (Å²) >= 11 is 2.57. The second-order valence-corrected chi connectivity index (χ2v) is 7.43. The molecule has 1 aliphatic carbocycles. The van der Waals surface area contributed by atoms with Gasteiger partial charge in [-0.15, -0.1) is 23.1 Å². The number of fused-ring (bicyclic) bond motifs is 1. The summed E-state index contributed by atoms with van der Waals surface area (Å²) in [7, 11) is 0. The van der Waals surface area contributed by atoms with Crippen LogP contribution in [0.15, 0.2) is 16.0 Å². The normalized spacial score (nSPS) is 18.8. The number of aromatic carboxylic acids is 1. The molecular formula is C16H20O4S2. The van der Waals surface area contributed by atoms with E-state index in [1.165, 1.54) is 23.1 Å². The molecule has 1 heterocycles. The molecule has 22 heavy (non-hydrogen) atoms. The minimum atomic E-state index is -0.973. The van der Waals surface area contributed by atoms with Gasteiger partial charge in [-0.05, 0) is 37.5 Å². The van der Waals surface area contributed by atoms with E-state index in [-0.39, 0.29) is 10.7 Å². The van der Waals surface area contributed by atoms with Crippen LogP contribution < -0.4 is 0 Å². The molecule has 0 radical (unpaired) electrons. The van der Waals surface area contributed by atoms with Crippen molar-refractivity contribution >= 4 is 34.9 Å². The zero-order valence-corrected chi connectivity index (χ0v) is 14.2. The lowest BCUT2D eigenvalue weighted by molar-refractivity contribution is 0.0701. The summed E-state index contributed by atoms with van der Waals surface area (Å²) in [5, 5.41) is 18.8. The molecule has 1 aliphatic rings. The Hall–Kier alpha value is -1.27. The molecule has 0 unspecified atom stereocenters. The maximum atomic E-state index is 12.8. The second-order valence-electron chi connectivity index (χ2n) is 5.33. The van der Waals surface area contributed by atoms with Crippen molar-refractivity contribution in [1.82, 2.24) is 0 Å². The third kappa shape index (κ3) is 3.55. The van der Waals surface area contributed by atoms with Gasteiger partial charge in [0, 0.05) is 5.57 Å². The number of hydrogen-bond acceptors (Lipinski definition) is 5. The van der Waals surface area contributed by atoms with Crippen molar-refractivity contribution < 1.29 is 19.8 Å². The van der Waals surface area contributed by atoms with Crippen molar-refractivity contribution in [1.29, 1.82) is 0 Å². The number of ketones is 1. The van der Waals surface area contributed by atoms with Gasteiger partial charge in [0.25, 0.3) is 0 Å². The summed E-state index contributed by atoms with van der Waals surface area (Å²) in [6.07, 6.45) is 8.80. The Labute approximate surface area is 138 Å². The first-order valence-corrected chi connectivity index (χ1v) is 9.45. The Morgan fingerprint density at radius 2 is 1.82 bits per heavy atom. The number of carboxylic acids is 1. The van der Waals surface area contributed by atoms with Crippen molar-refractivity contribution in [3.05, 3.63) is 27.8 Å². The fourth-order valence-electron chi connectivity index (χ4n) is 2.77. The van der Waals surface area contributed by atoms with Gasteiger partial charge in [-0.1, -0.05) is 19.3 Å². The number of carboxylic acid groups (broad SMARTS) is 1. The van der Waals surface area contributed by atoms with E-state index in [0.717, 1.165) is 42.6 Å². The largest absolute Gasteiger partial charge is 0.515 e. The van der Waals surface area contributed by atoms with Crippen LogP contribution in [-0.4, -0.2) is 28.2 Å². The summed E-state index contributed by atoms with van der Waals surface area (Å²) in [6, 6.07) is 0. The average molecular weight is 340 g/mol. The molecular weight excluding hydrogens is 320 g/mol. The quantitative estimate of drug-likeness (QED) is 0.464. The maximum Gasteiger partial charge on any atom is 0.346 e. The molecule has 1 aromatic rings. The lowest BCUT2D eigenvalue weighted by atomic mass is 9.96. The van der Waals surface area contributed by atoms with Crippen molar-refractivity contribution in [2.75, 3.05) is 6.26 Å². The molecule has 2 rings (SSSR count).